The normalized spacial score (nSPS) is 15.2. The summed E-state index contributed by atoms with van der Waals surface area (Å²) in [6.07, 6.45) is 4.04. The summed E-state index contributed by atoms with van der Waals surface area (Å²) in [7, 11) is -3.77. The molecule has 34 heavy (non-hydrogen) atoms. The summed E-state index contributed by atoms with van der Waals surface area (Å²) in [6.45, 7) is 0.550. The van der Waals surface area contributed by atoms with Crippen molar-refractivity contribution in [2.75, 3.05) is 23.3 Å². The number of nitrogens with zero attached hydrogens (tertiary/aromatic N) is 2. The van der Waals surface area contributed by atoms with Gasteiger partial charge in [-0.2, -0.15) is 0 Å². The zero-order valence-corrected chi connectivity index (χ0v) is 19.2. The first-order chi connectivity index (χ1) is 16.4. The van der Waals surface area contributed by atoms with Crippen molar-refractivity contribution in [1.29, 1.82) is 0 Å². The van der Waals surface area contributed by atoms with E-state index in [0.29, 0.717) is 24.4 Å². The van der Waals surface area contributed by atoms with Crippen molar-refractivity contribution in [1.82, 2.24) is 9.88 Å². The van der Waals surface area contributed by atoms with Crippen molar-refractivity contribution >= 4 is 33.2 Å². The number of sulfonamides is 1. The minimum atomic E-state index is -3.77. The first-order valence-corrected chi connectivity index (χ1v) is 12.6. The Morgan fingerprint density at radius 1 is 1.09 bits per heavy atom. The summed E-state index contributed by atoms with van der Waals surface area (Å²) in [5, 5.41) is 6.41. The van der Waals surface area contributed by atoms with E-state index >= 15 is 0 Å². The van der Waals surface area contributed by atoms with Gasteiger partial charge in [0.15, 0.2) is 5.76 Å². The van der Waals surface area contributed by atoms with Gasteiger partial charge in [0, 0.05) is 48.4 Å². The van der Waals surface area contributed by atoms with Gasteiger partial charge in [0.2, 0.25) is 21.8 Å². The number of nitrogens with one attached hydrogen (secondary N) is 2. The summed E-state index contributed by atoms with van der Waals surface area (Å²) >= 11 is 0. The third kappa shape index (κ3) is 4.73. The van der Waals surface area contributed by atoms with Crippen LogP contribution in [0.2, 0.25) is 0 Å². The van der Waals surface area contributed by atoms with E-state index in [2.05, 4.69) is 15.2 Å². The molecule has 9 nitrogen and oxygen atoms in total. The average molecular weight is 481 g/mol. The second-order valence-corrected chi connectivity index (χ2v) is 10.2. The van der Waals surface area contributed by atoms with Gasteiger partial charge < -0.3 is 14.7 Å². The Hall–Kier alpha value is -3.50. The summed E-state index contributed by atoms with van der Waals surface area (Å²) in [5.74, 6) is 0.568. The molecule has 1 saturated carbocycles. The van der Waals surface area contributed by atoms with E-state index in [1.807, 2.05) is 0 Å². The zero-order valence-electron chi connectivity index (χ0n) is 18.4. The number of anilines is 2. The fourth-order valence-corrected chi connectivity index (χ4v) is 5.10. The van der Waals surface area contributed by atoms with Crippen LogP contribution in [-0.2, 0) is 26.0 Å². The van der Waals surface area contributed by atoms with Gasteiger partial charge in [0.1, 0.15) is 0 Å². The van der Waals surface area contributed by atoms with Gasteiger partial charge in [0.25, 0.3) is 0 Å². The van der Waals surface area contributed by atoms with E-state index in [9.17, 15) is 18.0 Å². The molecule has 0 saturated heterocycles. The second-order valence-electron chi connectivity index (χ2n) is 8.45. The van der Waals surface area contributed by atoms with E-state index in [0.717, 1.165) is 29.7 Å². The fraction of sp³-hybridized carbons (Fsp3) is 0.292. The van der Waals surface area contributed by atoms with E-state index in [1.165, 1.54) is 6.07 Å². The monoisotopic (exact) mass is 480 g/mol. The Morgan fingerprint density at radius 2 is 1.88 bits per heavy atom. The number of aromatic nitrogens is 1. The predicted molar refractivity (Wildman–Crippen MR) is 126 cm³/mol. The van der Waals surface area contributed by atoms with E-state index in [1.54, 1.807) is 53.6 Å². The van der Waals surface area contributed by atoms with Crippen LogP contribution in [0.5, 0.6) is 0 Å². The summed E-state index contributed by atoms with van der Waals surface area (Å²) < 4.78 is 33.0. The van der Waals surface area contributed by atoms with Gasteiger partial charge in [-0.05, 0) is 67.3 Å². The van der Waals surface area contributed by atoms with Gasteiger partial charge >= 0.3 is 0 Å². The van der Waals surface area contributed by atoms with Crippen molar-refractivity contribution < 1.29 is 22.5 Å². The van der Waals surface area contributed by atoms with Crippen LogP contribution in [0.3, 0.4) is 0 Å². The molecule has 0 unspecified atom stereocenters. The molecule has 2 aliphatic rings. The molecule has 10 heteroatoms. The lowest BCUT2D eigenvalue weighted by atomic mass is 10.1. The van der Waals surface area contributed by atoms with Crippen LogP contribution in [0, 0.1) is 5.92 Å². The van der Waals surface area contributed by atoms with Crippen LogP contribution in [0.1, 0.15) is 24.8 Å². The standard InChI is InChI=1S/C24H24N4O5S/c29-23(27-19-5-3-16(4-6-19)22-9-12-25-33-22)10-13-26-34(31,32)20-7-8-21-18(15-20)11-14-28(21)24(30)17-1-2-17/h3-9,12,15,17,26H,1-2,10-11,13-14H2,(H,27,29). The molecule has 1 aromatic heterocycles. The maximum absolute atomic E-state index is 12.7. The number of amides is 2. The number of fused-ring (bicyclic) bond motifs is 1. The third-order valence-electron chi connectivity index (χ3n) is 5.98. The number of carbonyl (C=O) groups excluding carboxylic acids is 2. The maximum atomic E-state index is 12.7. The molecule has 0 radical (unpaired) electrons. The molecule has 2 aromatic carbocycles. The van der Waals surface area contributed by atoms with E-state index in [4.69, 9.17) is 4.52 Å². The minimum absolute atomic E-state index is 0.0162. The van der Waals surface area contributed by atoms with Crippen LogP contribution in [0.25, 0.3) is 11.3 Å². The minimum Gasteiger partial charge on any atom is -0.356 e. The molecule has 2 amide bonds. The molecule has 0 bridgehead atoms. The number of hydrogen-bond donors (Lipinski definition) is 2. The smallest absolute Gasteiger partial charge is 0.240 e. The number of hydrogen-bond acceptors (Lipinski definition) is 6. The fourth-order valence-electron chi connectivity index (χ4n) is 4.01. The summed E-state index contributed by atoms with van der Waals surface area (Å²) in [5.41, 5.74) is 3.07. The zero-order chi connectivity index (χ0) is 23.7. The average Bonchev–Trinajstić information content (AvgIpc) is 3.36. The quantitative estimate of drug-likeness (QED) is 0.511. The third-order valence-corrected chi connectivity index (χ3v) is 7.44. The molecule has 5 rings (SSSR count). The van der Waals surface area contributed by atoms with Crippen LogP contribution in [0.15, 0.2) is 64.1 Å². The van der Waals surface area contributed by atoms with E-state index in [-0.39, 0.29) is 35.6 Å². The van der Waals surface area contributed by atoms with Crippen molar-refractivity contribution in [2.45, 2.75) is 30.6 Å². The topological polar surface area (TPSA) is 122 Å². The molecule has 0 atom stereocenters. The SMILES string of the molecule is O=C(CCNS(=O)(=O)c1ccc2c(c1)CCN2C(=O)C1CC1)Nc1ccc(-c2ccno2)cc1. The number of rotatable bonds is 8. The molecule has 2 heterocycles. The molecule has 0 spiro atoms. The number of carbonyl (C=O) groups is 2. The summed E-state index contributed by atoms with van der Waals surface area (Å²) in [6, 6.07) is 13.6. The Bertz CT molecular complexity index is 1320. The molecular weight excluding hydrogens is 456 g/mol. The second kappa shape index (κ2) is 9.03. The van der Waals surface area contributed by atoms with Crippen LogP contribution >= 0.6 is 0 Å². The first kappa shape index (κ1) is 22.3. The van der Waals surface area contributed by atoms with Crippen LogP contribution in [-0.4, -0.2) is 38.5 Å². The Morgan fingerprint density at radius 3 is 2.59 bits per heavy atom. The Balaban J connectivity index is 1.14. The molecule has 1 aliphatic heterocycles. The lowest BCUT2D eigenvalue weighted by Crippen LogP contribution is -2.30. The largest absolute Gasteiger partial charge is 0.356 e. The summed E-state index contributed by atoms with van der Waals surface area (Å²) in [4.78, 5) is 26.6. The molecule has 176 valence electrons. The van der Waals surface area contributed by atoms with Crippen molar-refractivity contribution in [3.8, 4) is 11.3 Å². The molecule has 1 fully saturated rings. The van der Waals surface area contributed by atoms with Gasteiger partial charge in [-0.1, -0.05) is 5.16 Å². The molecular formula is C24H24N4O5S. The van der Waals surface area contributed by atoms with E-state index < -0.39 is 10.0 Å². The van der Waals surface area contributed by atoms with Crippen molar-refractivity contribution in [3.05, 3.63) is 60.3 Å². The highest BCUT2D eigenvalue weighted by Crippen LogP contribution is 2.37. The van der Waals surface area contributed by atoms with Gasteiger partial charge in [-0.3, -0.25) is 9.59 Å². The first-order valence-electron chi connectivity index (χ1n) is 11.2. The Kier molecular flexibility index (Phi) is 5.93. The highest BCUT2D eigenvalue weighted by molar-refractivity contribution is 7.89. The Labute approximate surface area is 197 Å². The molecule has 3 aromatic rings. The van der Waals surface area contributed by atoms with Crippen LogP contribution < -0.4 is 14.9 Å². The van der Waals surface area contributed by atoms with Gasteiger partial charge in [0.05, 0.1) is 11.1 Å². The predicted octanol–water partition coefficient (Wildman–Crippen LogP) is 2.95. The van der Waals surface area contributed by atoms with Crippen molar-refractivity contribution in [3.63, 3.8) is 0 Å². The lowest BCUT2D eigenvalue weighted by molar-refractivity contribution is -0.119. The van der Waals surface area contributed by atoms with Crippen LogP contribution in [0.4, 0.5) is 11.4 Å². The van der Waals surface area contributed by atoms with Gasteiger partial charge in [-0.15, -0.1) is 0 Å². The lowest BCUT2D eigenvalue weighted by Gasteiger charge is -2.17. The highest BCUT2D eigenvalue weighted by Gasteiger charge is 2.36. The molecule has 1 aliphatic carbocycles. The number of benzene rings is 2. The highest BCUT2D eigenvalue weighted by atomic mass is 32.2. The van der Waals surface area contributed by atoms with Crippen molar-refractivity contribution in [2.24, 2.45) is 5.92 Å². The maximum Gasteiger partial charge on any atom is 0.240 e. The van der Waals surface area contributed by atoms with Gasteiger partial charge in [-0.25, -0.2) is 13.1 Å². The molecule has 2 N–H and O–H groups in total.